The van der Waals surface area contributed by atoms with Crippen LogP contribution in [0.25, 0.3) is 0 Å². The predicted octanol–water partition coefficient (Wildman–Crippen LogP) is 0.834. The molecule has 1 saturated heterocycles. The molecule has 0 unspecified atom stereocenters. The average molecular weight is 245 g/mol. The maximum Gasteiger partial charge on any atom is 0.218 e. The van der Waals surface area contributed by atoms with Gasteiger partial charge in [-0.1, -0.05) is 0 Å². The van der Waals surface area contributed by atoms with Gasteiger partial charge in [-0.2, -0.15) is 0 Å². The normalized spacial score (nSPS) is 16.8. The molecule has 16 heavy (non-hydrogen) atoms. The molecule has 0 saturated carbocycles. The maximum absolute atomic E-state index is 5.85. The number of nitrogens with zero attached hydrogens (tertiary/aromatic N) is 3. The Labute approximate surface area is 101 Å². The number of hydrogen-bond donors (Lipinski definition) is 1. The number of aromatic nitrogens is 2. The van der Waals surface area contributed by atoms with Crippen molar-refractivity contribution in [2.24, 2.45) is 5.73 Å². The van der Waals surface area contributed by atoms with Crippen molar-refractivity contribution in [1.29, 1.82) is 0 Å². The maximum atomic E-state index is 5.85. The Hall–Kier alpha value is -1.07. The fourth-order valence-electron chi connectivity index (χ4n) is 1.74. The third-order valence-electron chi connectivity index (χ3n) is 2.70. The molecule has 0 aliphatic carbocycles. The first-order chi connectivity index (χ1) is 7.29. The van der Waals surface area contributed by atoms with Crippen LogP contribution in [0.15, 0.2) is 12.4 Å². The molecule has 2 N–H and O–H groups in total. The lowest BCUT2D eigenvalue weighted by Crippen LogP contribution is -2.40. The molecular formula is C10H17ClN4O. The number of rotatable bonds is 2. The van der Waals surface area contributed by atoms with Gasteiger partial charge in [0.1, 0.15) is 12.1 Å². The van der Waals surface area contributed by atoms with Crippen molar-refractivity contribution in [3.05, 3.63) is 12.4 Å². The SMILES string of the molecule is COc1cc(N2CCC(N)CC2)ncn1.Cl. The Morgan fingerprint density at radius 1 is 1.38 bits per heavy atom. The topological polar surface area (TPSA) is 64.3 Å². The van der Waals surface area contributed by atoms with E-state index in [1.165, 1.54) is 6.33 Å². The van der Waals surface area contributed by atoms with Gasteiger partial charge < -0.3 is 15.4 Å². The number of halogens is 1. The first-order valence-electron chi connectivity index (χ1n) is 5.16. The number of hydrogen-bond acceptors (Lipinski definition) is 5. The van der Waals surface area contributed by atoms with Gasteiger partial charge in [-0.25, -0.2) is 9.97 Å². The third-order valence-corrected chi connectivity index (χ3v) is 2.70. The van der Waals surface area contributed by atoms with Crippen LogP contribution in [0.5, 0.6) is 5.88 Å². The zero-order valence-corrected chi connectivity index (χ0v) is 10.1. The minimum absolute atomic E-state index is 0. The van der Waals surface area contributed by atoms with Gasteiger partial charge in [0.15, 0.2) is 0 Å². The molecule has 1 aliphatic heterocycles. The fraction of sp³-hybridized carbons (Fsp3) is 0.600. The first kappa shape index (κ1) is 13.0. The Balaban J connectivity index is 0.00000128. The molecule has 1 fully saturated rings. The Morgan fingerprint density at radius 3 is 2.69 bits per heavy atom. The molecule has 1 aromatic heterocycles. The monoisotopic (exact) mass is 244 g/mol. The highest BCUT2D eigenvalue weighted by atomic mass is 35.5. The zero-order valence-electron chi connectivity index (χ0n) is 9.30. The molecule has 0 amide bonds. The largest absolute Gasteiger partial charge is 0.481 e. The first-order valence-corrected chi connectivity index (χ1v) is 5.16. The van der Waals surface area contributed by atoms with E-state index in [-0.39, 0.29) is 12.4 Å². The summed E-state index contributed by atoms with van der Waals surface area (Å²) in [6.45, 7) is 1.92. The summed E-state index contributed by atoms with van der Waals surface area (Å²) in [5.41, 5.74) is 5.85. The zero-order chi connectivity index (χ0) is 10.7. The second-order valence-corrected chi connectivity index (χ2v) is 3.74. The molecule has 5 nitrogen and oxygen atoms in total. The van der Waals surface area contributed by atoms with Gasteiger partial charge in [0, 0.05) is 25.2 Å². The lowest BCUT2D eigenvalue weighted by Gasteiger charge is -2.30. The molecule has 1 aromatic rings. The van der Waals surface area contributed by atoms with Gasteiger partial charge in [-0.3, -0.25) is 0 Å². The van der Waals surface area contributed by atoms with Crippen molar-refractivity contribution in [3.8, 4) is 5.88 Å². The molecule has 0 atom stereocenters. The van der Waals surface area contributed by atoms with Crippen molar-refractivity contribution in [2.75, 3.05) is 25.1 Å². The highest BCUT2D eigenvalue weighted by Crippen LogP contribution is 2.19. The smallest absolute Gasteiger partial charge is 0.218 e. The highest BCUT2D eigenvalue weighted by molar-refractivity contribution is 5.85. The fourth-order valence-corrected chi connectivity index (χ4v) is 1.74. The van der Waals surface area contributed by atoms with E-state index < -0.39 is 0 Å². The Morgan fingerprint density at radius 2 is 2.06 bits per heavy atom. The third kappa shape index (κ3) is 2.96. The van der Waals surface area contributed by atoms with Crippen molar-refractivity contribution >= 4 is 18.2 Å². The summed E-state index contributed by atoms with van der Waals surface area (Å²) in [4.78, 5) is 10.4. The van der Waals surface area contributed by atoms with Crippen LogP contribution in [0, 0.1) is 0 Å². The van der Waals surface area contributed by atoms with E-state index in [2.05, 4.69) is 14.9 Å². The summed E-state index contributed by atoms with van der Waals surface area (Å²) in [6, 6.07) is 2.20. The van der Waals surface area contributed by atoms with Gasteiger partial charge >= 0.3 is 0 Å². The summed E-state index contributed by atoms with van der Waals surface area (Å²) >= 11 is 0. The van der Waals surface area contributed by atoms with Gasteiger partial charge in [0.2, 0.25) is 5.88 Å². The molecule has 6 heteroatoms. The number of methoxy groups -OCH3 is 1. The molecular weight excluding hydrogens is 228 g/mol. The Kier molecular flexibility index (Phi) is 4.76. The van der Waals surface area contributed by atoms with Gasteiger partial charge in [0.25, 0.3) is 0 Å². The van der Waals surface area contributed by atoms with Crippen LogP contribution in [0.3, 0.4) is 0 Å². The number of piperidine rings is 1. The van der Waals surface area contributed by atoms with E-state index in [0.29, 0.717) is 11.9 Å². The van der Waals surface area contributed by atoms with Gasteiger partial charge in [-0.15, -0.1) is 12.4 Å². The quantitative estimate of drug-likeness (QED) is 0.835. The van der Waals surface area contributed by atoms with Crippen LogP contribution < -0.4 is 15.4 Å². The molecule has 0 radical (unpaired) electrons. The minimum atomic E-state index is 0. The van der Waals surface area contributed by atoms with Crippen LogP contribution in [0.2, 0.25) is 0 Å². The van der Waals surface area contributed by atoms with Crippen molar-refractivity contribution in [3.63, 3.8) is 0 Å². The molecule has 90 valence electrons. The lowest BCUT2D eigenvalue weighted by atomic mass is 10.1. The predicted molar refractivity (Wildman–Crippen MR) is 65.3 cm³/mol. The van der Waals surface area contributed by atoms with Crippen LogP contribution in [-0.2, 0) is 0 Å². The summed E-state index contributed by atoms with van der Waals surface area (Å²) in [5.74, 6) is 1.53. The van der Waals surface area contributed by atoms with E-state index in [1.54, 1.807) is 7.11 Å². The van der Waals surface area contributed by atoms with E-state index in [4.69, 9.17) is 10.5 Å². The van der Waals surface area contributed by atoms with E-state index in [0.717, 1.165) is 31.7 Å². The number of nitrogens with two attached hydrogens (primary N) is 1. The molecule has 0 spiro atoms. The lowest BCUT2D eigenvalue weighted by molar-refractivity contribution is 0.396. The van der Waals surface area contributed by atoms with Crippen LogP contribution in [0.1, 0.15) is 12.8 Å². The highest BCUT2D eigenvalue weighted by Gasteiger charge is 2.17. The van der Waals surface area contributed by atoms with Crippen LogP contribution in [-0.4, -0.2) is 36.2 Å². The van der Waals surface area contributed by atoms with Crippen LogP contribution in [0.4, 0.5) is 5.82 Å². The molecule has 0 aromatic carbocycles. The van der Waals surface area contributed by atoms with Crippen LogP contribution >= 0.6 is 12.4 Å². The summed E-state index contributed by atoms with van der Waals surface area (Å²) in [7, 11) is 1.61. The number of ether oxygens (including phenoxy) is 1. The Bertz CT molecular complexity index is 328. The second kappa shape index (κ2) is 5.86. The van der Waals surface area contributed by atoms with Crippen molar-refractivity contribution < 1.29 is 4.74 Å². The van der Waals surface area contributed by atoms with E-state index in [1.807, 2.05) is 6.07 Å². The minimum Gasteiger partial charge on any atom is -0.481 e. The summed E-state index contributed by atoms with van der Waals surface area (Å²) in [5, 5.41) is 0. The standard InChI is InChI=1S/C10H16N4O.ClH/c1-15-10-6-9(12-7-13-10)14-4-2-8(11)3-5-14;/h6-8H,2-5,11H2,1H3;1H. The van der Waals surface area contributed by atoms with Crippen molar-refractivity contribution in [1.82, 2.24) is 9.97 Å². The molecule has 0 bridgehead atoms. The second-order valence-electron chi connectivity index (χ2n) is 3.74. The molecule has 2 heterocycles. The summed E-state index contributed by atoms with van der Waals surface area (Å²) in [6.07, 6.45) is 3.57. The van der Waals surface area contributed by atoms with Gasteiger partial charge in [-0.05, 0) is 12.8 Å². The summed E-state index contributed by atoms with van der Waals surface area (Å²) < 4.78 is 5.06. The average Bonchev–Trinajstić information content (AvgIpc) is 2.30. The number of anilines is 1. The van der Waals surface area contributed by atoms with Gasteiger partial charge in [0.05, 0.1) is 7.11 Å². The molecule has 2 rings (SSSR count). The van der Waals surface area contributed by atoms with E-state index in [9.17, 15) is 0 Å². The molecule has 1 aliphatic rings. The van der Waals surface area contributed by atoms with Crippen molar-refractivity contribution in [2.45, 2.75) is 18.9 Å². The van der Waals surface area contributed by atoms with E-state index >= 15 is 0 Å².